The lowest BCUT2D eigenvalue weighted by molar-refractivity contribution is 0.0585. The number of hydrogen-bond acceptors (Lipinski definition) is 7. The Hall–Kier alpha value is -5.04. The molecule has 7 rings (SSSR count). The number of hydrazone groups is 1. The SMILES string of the molecule is COc1cccc([C@H]2[C@H](C(=O)c3ccccc3)N3N=Cc4ccccc4C3C23C(=O)c2ccccc2C3=O)c1OC. The molecule has 0 bridgehead atoms. The summed E-state index contributed by atoms with van der Waals surface area (Å²) in [6, 6.07) is 27.0. The lowest BCUT2D eigenvalue weighted by Gasteiger charge is -2.36. The first-order valence-electron chi connectivity index (χ1n) is 13.4. The van der Waals surface area contributed by atoms with Gasteiger partial charge in [-0.25, -0.2) is 0 Å². The van der Waals surface area contributed by atoms with Crippen molar-refractivity contribution < 1.29 is 23.9 Å². The number of hydrogen-bond donors (Lipinski definition) is 0. The molecule has 41 heavy (non-hydrogen) atoms. The molecule has 0 aromatic heterocycles. The average Bonchev–Trinajstić information content (AvgIpc) is 3.46. The number of ether oxygens (including phenoxy) is 2. The lowest BCUT2D eigenvalue weighted by Crippen LogP contribution is -2.44. The maximum absolute atomic E-state index is 14.9. The minimum Gasteiger partial charge on any atom is -0.493 e. The Balaban J connectivity index is 1.59. The average molecular weight is 543 g/mol. The number of ketones is 3. The number of fused-ring (bicyclic) bond motifs is 5. The lowest BCUT2D eigenvalue weighted by atomic mass is 9.62. The molecule has 0 amide bonds. The first kappa shape index (κ1) is 25.0. The molecule has 1 aliphatic carbocycles. The fourth-order valence-electron chi connectivity index (χ4n) is 7.05. The van der Waals surface area contributed by atoms with Crippen LogP contribution < -0.4 is 9.47 Å². The minimum absolute atomic E-state index is 0.240. The van der Waals surface area contributed by atoms with Crippen molar-refractivity contribution in [2.24, 2.45) is 10.5 Å². The van der Waals surface area contributed by atoms with Gasteiger partial charge in [0.2, 0.25) is 0 Å². The number of rotatable bonds is 5. The van der Waals surface area contributed by atoms with Gasteiger partial charge in [0, 0.05) is 28.2 Å². The van der Waals surface area contributed by atoms with E-state index in [0.717, 1.165) is 11.1 Å². The van der Waals surface area contributed by atoms with E-state index >= 15 is 0 Å². The van der Waals surface area contributed by atoms with Crippen LogP contribution in [-0.2, 0) is 0 Å². The third-order valence-corrected chi connectivity index (χ3v) is 8.67. The molecule has 4 aromatic carbocycles. The molecular formula is C34H26N2O5. The Morgan fingerprint density at radius 1 is 0.756 bits per heavy atom. The van der Waals surface area contributed by atoms with Crippen LogP contribution in [0.25, 0.3) is 0 Å². The maximum atomic E-state index is 14.9. The van der Waals surface area contributed by atoms with Crippen LogP contribution in [0.3, 0.4) is 0 Å². The van der Waals surface area contributed by atoms with Crippen molar-refractivity contribution in [2.45, 2.75) is 18.0 Å². The van der Waals surface area contributed by atoms with Gasteiger partial charge in [-0.2, -0.15) is 5.10 Å². The van der Waals surface area contributed by atoms with E-state index in [4.69, 9.17) is 14.6 Å². The Bertz CT molecular complexity index is 1730. The summed E-state index contributed by atoms with van der Waals surface area (Å²) >= 11 is 0. The molecule has 0 saturated carbocycles. The van der Waals surface area contributed by atoms with Crippen molar-refractivity contribution in [3.8, 4) is 11.5 Å². The Kier molecular flexibility index (Phi) is 5.64. The van der Waals surface area contributed by atoms with Crippen molar-refractivity contribution >= 4 is 23.6 Å². The molecule has 2 heterocycles. The summed E-state index contributed by atoms with van der Waals surface area (Å²) in [4.78, 5) is 44.3. The van der Waals surface area contributed by atoms with Gasteiger partial charge in [0.1, 0.15) is 11.5 Å². The molecule has 3 aliphatic rings. The van der Waals surface area contributed by atoms with E-state index in [9.17, 15) is 14.4 Å². The van der Waals surface area contributed by atoms with Gasteiger partial charge in [0.05, 0.1) is 26.5 Å². The van der Waals surface area contributed by atoms with Crippen LogP contribution in [0.1, 0.15) is 59.7 Å². The van der Waals surface area contributed by atoms with Crippen molar-refractivity contribution in [2.75, 3.05) is 14.2 Å². The first-order valence-corrected chi connectivity index (χ1v) is 13.4. The summed E-state index contributed by atoms with van der Waals surface area (Å²) in [6.07, 6.45) is 1.70. The second-order valence-corrected chi connectivity index (χ2v) is 10.5. The van der Waals surface area contributed by atoms with E-state index in [1.165, 1.54) is 14.2 Å². The molecular weight excluding hydrogens is 516 g/mol. The quantitative estimate of drug-likeness (QED) is 0.244. The number of para-hydroxylation sites is 1. The second-order valence-electron chi connectivity index (χ2n) is 10.5. The topological polar surface area (TPSA) is 85.3 Å². The van der Waals surface area contributed by atoms with Crippen molar-refractivity contribution in [1.82, 2.24) is 5.01 Å². The fraction of sp³-hybridized carbons (Fsp3) is 0.176. The predicted molar refractivity (Wildman–Crippen MR) is 153 cm³/mol. The highest BCUT2D eigenvalue weighted by Gasteiger charge is 2.73. The summed E-state index contributed by atoms with van der Waals surface area (Å²) in [5, 5.41) is 6.48. The van der Waals surface area contributed by atoms with Gasteiger partial charge < -0.3 is 9.47 Å². The Labute approximate surface area is 237 Å². The van der Waals surface area contributed by atoms with E-state index < -0.39 is 23.4 Å². The molecule has 1 fully saturated rings. The van der Waals surface area contributed by atoms with Gasteiger partial charge in [-0.05, 0) is 17.2 Å². The number of carbonyl (C=O) groups is 3. The fourth-order valence-corrected chi connectivity index (χ4v) is 7.05. The third-order valence-electron chi connectivity index (χ3n) is 8.67. The van der Waals surface area contributed by atoms with Gasteiger partial charge in [-0.1, -0.05) is 91.0 Å². The van der Waals surface area contributed by atoms with Crippen LogP contribution in [0.15, 0.2) is 102 Å². The molecule has 202 valence electrons. The highest BCUT2D eigenvalue weighted by molar-refractivity contribution is 6.31. The minimum atomic E-state index is -1.69. The number of Topliss-reactive ketones (excluding diaryl/α,β-unsaturated/α-hetero) is 3. The van der Waals surface area contributed by atoms with Crippen LogP contribution in [0, 0.1) is 5.41 Å². The largest absolute Gasteiger partial charge is 0.493 e. The van der Waals surface area contributed by atoms with E-state index in [1.807, 2.05) is 36.4 Å². The monoisotopic (exact) mass is 542 g/mol. The maximum Gasteiger partial charge on any atom is 0.187 e. The zero-order valence-corrected chi connectivity index (χ0v) is 22.5. The third kappa shape index (κ3) is 3.26. The number of methoxy groups -OCH3 is 2. The van der Waals surface area contributed by atoms with Gasteiger partial charge in [0.15, 0.2) is 28.8 Å². The smallest absolute Gasteiger partial charge is 0.187 e. The number of carbonyl (C=O) groups excluding carboxylic acids is 3. The Morgan fingerprint density at radius 2 is 1.39 bits per heavy atom. The summed E-state index contributed by atoms with van der Waals surface area (Å²) < 4.78 is 11.5. The molecule has 1 unspecified atom stereocenters. The number of nitrogens with zero attached hydrogens (tertiary/aromatic N) is 2. The molecule has 0 radical (unpaired) electrons. The van der Waals surface area contributed by atoms with Gasteiger partial charge >= 0.3 is 0 Å². The molecule has 0 N–H and O–H groups in total. The van der Waals surface area contributed by atoms with Gasteiger partial charge in [-0.3, -0.25) is 19.4 Å². The zero-order valence-electron chi connectivity index (χ0n) is 22.5. The van der Waals surface area contributed by atoms with E-state index in [-0.39, 0.29) is 17.3 Å². The Morgan fingerprint density at radius 3 is 2.07 bits per heavy atom. The van der Waals surface area contributed by atoms with Crippen LogP contribution >= 0.6 is 0 Å². The molecule has 4 aromatic rings. The standard InChI is InChI=1S/C34H26N2O5/c1-40-26-18-10-17-25(30(26)41-2)27-28(29(37)20-11-4-3-5-12-20)36-31(22-14-7-6-13-21(22)19-35-36)34(27)32(38)23-15-8-9-16-24(23)33(34)39/h3-19,27-28,31H,1-2H3/t27-,28+,31?/m0/s1. The second kappa shape index (κ2) is 9.27. The molecule has 7 nitrogen and oxygen atoms in total. The summed E-state index contributed by atoms with van der Waals surface area (Å²) in [5.41, 5.74) is 1.59. The van der Waals surface area contributed by atoms with E-state index in [2.05, 4.69) is 0 Å². The highest BCUT2D eigenvalue weighted by Crippen LogP contribution is 2.66. The van der Waals surface area contributed by atoms with Crippen molar-refractivity contribution in [1.29, 1.82) is 0 Å². The molecule has 2 aliphatic heterocycles. The first-order chi connectivity index (χ1) is 20.0. The van der Waals surface area contributed by atoms with Crippen LogP contribution in [0.5, 0.6) is 11.5 Å². The molecule has 1 spiro atoms. The van der Waals surface area contributed by atoms with Crippen LogP contribution in [-0.4, -0.2) is 48.8 Å². The summed E-state index contributed by atoms with van der Waals surface area (Å²) in [5.74, 6) is -1.01. The highest BCUT2D eigenvalue weighted by atomic mass is 16.5. The van der Waals surface area contributed by atoms with Gasteiger partial charge in [-0.15, -0.1) is 0 Å². The van der Waals surface area contributed by atoms with E-state index in [1.54, 1.807) is 71.9 Å². The summed E-state index contributed by atoms with van der Waals surface area (Å²) in [7, 11) is 3.05. The van der Waals surface area contributed by atoms with Crippen LogP contribution in [0.4, 0.5) is 0 Å². The van der Waals surface area contributed by atoms with Crippen molar-refractivity contribution in [3.63, 3.8) is 0 Å². The normalized spacial score (nSPS) is 21.4. The molecule has 1 saturated heterocycles. The van der Waals surface area contributed by atoms with Gasteiger partial charge in [0.25, 0.3) is 0 Å². The predicted octanol–water partition coefficient (Wildman–Crippen LogP) is 5.51. The molecule has 3 atom stereocenters. The number of benzene rings is 4. The van der Waals surface area contributed by atoms with E-state index in [0.29, 0.717) is 33.8 Å². The zero-order chi connectivity index (χ0) is 28.3. The molecule has 7 heteroatoms. The summed E-state index contributed by atoms with van der Waals surface area (Å²) in [6.45, 7) is 0. The van der Waals surface area contributed by atoms with Crippen LogP contribution in [0.2, 0.25) is 0 Å². The van der Waals surface area contributed by atoms with Crippen molar-refractivity contribution in [3.05, 3.63) is 130 Å².